The molecule has 0 aromatic rings. The molecule has 0 aliphatic carbocycles. The second-order valence-electron chi connectivity index (χ2n) is 4.48. The topological polar surface area (TPSA) is 24.5 Å². The molecule has 1 N–H and O–H groups in total. The highest BCUT2D eigenvalue weighted by atomic mass is 19.3. The van der Waals surface area contributed by atoms with Crippen LogP contribution in [0.25, 0.3) is 0 Å². The van der Waals surface area contributed by atoms with E-state index in [9.17, 15) is 8.78 Å². The van der Waals surface area contributed by atoms with Crippen LogP contribution in [0.5, 0.6) is 0 Å². The molecule has 0 aromatic carbocycles. The van der Waals surface area contributed by atoms with Crippen molar-refractivity contribution >= 4 is 0 Å². The number of rotatable bonds is 7. The molecule has 1 heterocycles. The molecule has 17 heavy (non-hydrogen) atoms. The average Bonchev–Trinajstić information content (AvgIpc) is 2.53. The van der Waals surface area contributed by atoms with Gasteiger partial charge in [-0.15, -0.1) is 0 Å². The molecule has 0 radical (unpaired) electrons. The van der Waals surface area contributed by atoms with Gasteiger partial charge in [-0.2, -0.15) is 0 Å². The second kappa shape index (κ2) is 8.78. The van der Waals surface area contributed by atoms with Gasteiger partial charge in [-0.1, -0.05) is 6.92 Å². The number of hydrogen-bond donors (Lipinski definition) is 1. The zero-order valence-corrected chi connectivity index (χ0v) is 10.6. The van der Waals surface area contributed by atoms with Crippen LogP contribution in [0.4, 0.5) is 8.78 Å². The van der Waals surface area contributed by atoms with Gasteiger partial charge < -0.3 is 15.0 Å². The molecule has 1 rings (SSSR count). The zero-order valence-electron chi connectivity index (χ0n) is 10.6. The minimum absolute atomic E-state index is 0.373. The van der Waals surface area contributed by atoms with Crippen molar-refractivity contribution in [3.05, 3.63) is 0 Å². The van der Waals surface area contributed by atoms with Gasteiger partial charge in [0.15, 0.2) is 0 Å². The summed E-state index contributed by atoms with van der Waals surface area (Å²) in [4.78, 5) is 2.45. The Hall–Kier alpha value is -0.260. The fourth-order valence-electron chi connectivity index (χ4n) is 2.18. The van der Waals surface area contributed by atoms with E-state index in [0.717, 1.165) is 19.5 Å². The average molecular weight is 250 g/mol. The summed E-state index contributed by atoms with van der Waals surface area (Å²) in [5, 5.41) is 3.38. The van der Waals surface area contributed by atoms with Crippen LogP contribution in [-0.2, 0) is 4.74 Å². The Morgan fingerprint density at radius 1 is 1.35 bits per heavy atom. The van der Waals surface area contributed by atoms with Crippen LogP contribution < -0.4 is 5.32 Å². The van der Waals surface area contributed by atoms with Crippen LogP contribution in [0, 0.1) is 0 Å². The van der Waals surface area contributed by atoms with Crippen molar-refractivity contribution in [3.8, 4) is 0 Å². The summed E-state index contributed by atoms with van der Waals surface area (Å²) in [5.41, 5.74) is 0. The van der Waals surface area contributed by atoms with E-state index in [4.69, 9.17) is 4.74 Å². The standard InChI is InChI=1S/C12H24F2N2O/c1-2-16-7-3-4-11(5-8-16)15-6-9-17-10-12(13)14/h11-12,15H,2-10H2,1H3. The van der Waals surface area contributed by atoms with E-state index in [1.165, 1.54) is 19.4 Å². The van der Waals surface area contributed by atoms with Crippen LogP contribution in [-0.4, -0.2) is 56.8 Å². The highest BCUT2D eigenvalue weighted by Crippen LogP contribution is 2.10. The number of hydrogen-bond acceptors (Lipinski definition) is 3. The summed E-state index contributed by atoms with van der Waals surface area (Å²) >= 11 is 0. The summed E-state index contributed by atoms with van der Waals surface area (Å²) in [5.74, 6) is 0. The number of halogens is 2. The third-order valence-corrected chi connectivity index (χ3v) is 3.19. The Balaban J connectivity index is 2.03. The minimum atomic E-state index is -2.36. The second-order valence-corrected chi connectivity index (χ2v) is 4.48. The molecular formula is C12H24F2N2O. The Morgan fingerprint density at radius 2 is 2.18 bits per heavy atom. The summed E-state index contributed by atoms with van der Waals surface area (Å²) in [6, 6.07) is 0.515. The predicted molar refractivity (Wildman–Crippen MR) is 64.6 cm³/mol. The molecule has 0 spiro atoms. The normalized spacial score (nSPS) is 22.9. The van der Waals surface area contributed by atoms with Crippen molar-refractivity contribution in [3.63, 3.8) is 0 Å². The lowest BCUT2D eigenvalue weighted by atomic mass is 10.1. The molecule has 1 aliphatic rings. The maximum Gasteiger partial charge on any atom is 0.261 e. The van der Waals surface area contributed by atoms with Gasteiger partial charge in [-0.25, -0.2) is 8.78 Å². The lowest BCUT2D eigenvalue weighted by molar-refractivity contribution is 0.0181. The molecule has 5 heteroatoms. The van der Waals surface area contributed by atoms with Crippen molar-refractivity contribution in [2.75, 3.05) is 39.4 Å². The van der Waals surface area contributed by atoms with Crippen LogP contribution >= 0.6 is 0 Å². The van der Waals surface area contributed by atoms with Crippen molar-refractivity contribution in [2.45, 2.75) is 38.7 Å². The molecule has 1 aliphatic heterocycles. The van der Waals surface area contributed by atoms with Gasteiger partial charge >= 0.3 is 0 Å². The van der Waals surface area contributed by atoms with Gasteiger partial charge in [0.2, 0.25) is 0 Å². The van der Waals surface area contributed by atoms with Crippen LogP contribution in [0.15, 0.2) is 0 Å². The fraction of sp³-hybridized carbons (Fsp3) is 1.00. The molecule has 1 fully saturated rings. The Morgan fingerprint density at radius 3 is 2.88 bits per heavy atom. The SMILES string of the molecule is CCN1CCCC(NCCOCC(F)F)CC1. The predicted octanol–water partition coefficient (Wildman–Crippen LogP) is 1.73. The fourth-order valence-corrected chi connectivity index (χ4v) is 2.18. The summed E-state index contributed by atoms with van der Waals surface area (Å²) in [6.07, 6.45) is 1.17. The van der Waals surface area contributed by atoms with E-state index in [0.29, 0.717) is 19.2 Å². The molecule has 0 saturated carbocycles. The summed E-state index contributed by atoms with van der Waals surface area (Å²) in [7, 11) is 0. The van der Waals surface area contributed by atoms with E-state index < -0.39 is 13.0 Å². The monoisotopic (exact) mass is 250 g/mol. The number of nitrogens with one attached hydrogen (secondary N) is 1. The summed E-state index contributed by atoms with van der Waals surface area (Å²) in [6.45, 7) is 6.20. The van der Waals surface area contributed by atoms with Crippen LogP contribution in [0.3, 0.4) is 0 Å². The molecule has 0 amide bonds. The molecule has 0 bridgehead atoms. The van der Waals surface area contributed by atoms with Gasteiger partial charge in [0, 0.05) is 12.6 Å². The molecule has 102 valence electrons. The van der Waals surface area contributed by atoms with Crippen LogP contribution in [0.2, 0.25) is 0 Å². The molecular weight excluding hydrogens is 226 g/mol. The first-order chi connectivity index (χ1) is 8.22. The molecule has 1 unspecified atom stereocenters. The number of ether oxygens (including phenoxy) is 1. The number of nitrogens with zero attached hydrogens (tertiary/aromatic N) is 1. The Kier molecular flexibility index (Phi) is 7.64. The van der Waals surface area contributed by atoms with Gasteiger partial charge in [-0.3, -0.25) is 0 Å². The van der Waals surface area contributed by atoms with E-state index >= 15 is 0 Å². The lowest BCUT2D eigenvalue weighted by Gasteiger charge is -2.18. The maximum atomic E-state index is 11.8. The van der Waals surface area contributed by atoms with Gasteiger partial charge in [0.1, 0.15) is 6.61 Å². The molecule has 1 saturated heterocycles. The van der Waals surface area contributed by atoms with Crippen molar-refractivity contribution in [1.82, 2.24) is 10.2 Å². The smallest absolute Gasteiger partial charge is 0.261 e. The van der Waals surface area contributed by atoms with E-state index in [2.05, 4.69) is 17.1 Å². The first-order valence-corrected chi connectivity index (χ1v) is 6.54. The molecule has 3 nitrogen and oxygen atoms in total. The van der Waals surface area contributed by atoms with Crippen molar-refractivity contribution < 1.29 is 13.5 Å². The van der Waals surface area contributed by atoms with Crippen molar-refractivity contribution in [1.29, 1.82) is 0 Å². The van der Waals surface area contributed by atoms with Crippen LogP contribution in [0.1, 0.15) is 26.2 Å². The molecule has 0 aromatic heterocycles. The molecule has 1 atom stereocenters. The summed E-state index contributed by atoms with van der Waals surface area (Å²) < 4.78 is 28.4. The van der Waals surface area contributed by atoms with Gasteiger partial charge in [0.05, 0.1) is 6.61 Å². The quantitative estimate of drug-likeness (QED) is 0.696. The third kappa shape index (κ3) is 6.91. The van der Waals surface area contributed by atoms with Gasteiger partial charge in [-0.05, 0) is 38.9 Å². The number of alkyl halides is 2. The van der Waals surface area contributed by atoms with Gasteiger partial charge in [0.25, 0.3) is 6.43 Å². The zero-order chi connectivity index (χ0) is 12.5. The first-order valence-electron chi connectivity index (χ1n) is 6.54. The van der Waals surface area contributed by atoms with E-state index in [-0.39, 0.29) is 0 Å². The van der Waals surface area contributed by atoms with Crippen molar-refractivity contribution in [2.24, 2.45) is 0 Å². The number of likely N-dealkylation sites (tertiary alicyclic amines) is 1. The maximum absolute atomic E-state index is 11.8. The lowest BCUT2D eigenvalue weighted by Crippen LogP contribution is -2.33. The Bertz CT molecular complexity index is 193. The first kappa shape index (κ1) is 14.8. The van der Waals surface area contributed by atoms with E-state index in [1.807, 2.05) is 0 Å². The highest BCUT2D eigenvalue weighted by Gasteiger charge is 2.15. The Labute approximate surface area is 103 Å². The highest BCUT2D eigenvalue weighted by molar-refractivity contribution is 4.74. The largest absolute Gasteiger partial charge is 0.374 e. The third-order valence-electron chi connectivity index (χ3n) is 3.19. The minimum Gasteiger partial charge on any atom is -0.374 e. The van der Waals surface area contributed by atoms with E-state index in [1.54, 1.807) is 0 Å².